The third kappa shape index (κ3) is 2.34. The normalized spacial score (nSPS) is 33.2. The van der Waals surface area contributed by atoms with Gasteiger partial charge in [0, 0.05) is 12.5 Å². The number of aryl methyl sites for hydroxylation is 1. The molecule has 0 saturated heterocycles. The first-order chi connectivity index (χ1) is 8.20. The molecule has 2 saturated carbocycles. The molecule has 5 nitrogen and oxygen atoms in total. The number of rotatable bonds is 4. The summed E-state index contributed by atoms with van der Waals surface area (Å²) in [5.41, 5.74) is 6.21. The minimum absolute atomic E-state index is 0.198. The first kappa shape index (κ1) is 11.1. The maximum absolute atomic E-state index is 6.21. The highest BCUT2D eigenvalue weighted by Crippen LogP contribution is 2.49. The molecule has 0 aliphatic heterocycles. The van der Waals surface area contributed by atoms with Crippen LogP contribution in [0.4, 0.5) is 0 Å². The van der Waals surface area contributed by atoms with E-state index < -0.39 is 0 Å². The largest absolute Gasteiger partial charge is 0.327 e. The van der Waals surface area contributed by atoms with Gasteiger partial charge in [-0.15, -0.1) is 10.2 Å². The van der Waals surface area contributed by atoms with Gasteiger partial charge in [0.05, 0.1) is 7.05 Å². The Morgan fingerprint density at radius 3 is 2.88 bits per heavy atom. The molecule has 0 radical (unpaired) electrons. The van der Waals surface area contributed by atoms with Crippen molar-refractivity contribution in [1.29, 1.82) is 0 Å². The van der Waals surface area contributed by atoms with E-state index in [0.29, 0.717) is 0 Å². The first-order valence-electron chi connectivity index (χ1n) is 6.69. The Bertz CT molecular complexity index is 388. The minimum Gasteiger partial charge on any atom is -0.327 e. The van der Waals surface area contributed by atoms with Crippen molar-refractivity contribution in [2.45, 2.75) is 44.6 Å². The Morgan fingerprint density at radius 1 is 1.41 bits per heavy atom. The molecule has 4 atom stereocenters. The van der Waals surface area contributed by atoms with Gasteiger partial charge in [-0.1, -0.05) is 6.42 Å². The zero-order valence-electron chi connectivity index (χ0n) is 10.4. The Balaban J connectivity index is 1.52. The number of nitrogens with two attached hydrogens (primary N) is 1. The van der Waals surface area contributed by atoms with Crippen molar-refractivity contribution in [3.8, 4) is 0 Å². The number of hydrogen-bond donors (Lipinski definition) is 1. The predicted octanol–water partition coefficient (Wildman–Crippen LogP) is 0.906. The standard InChI is InChI=1S/C12H21N5/c1-17-15-12(14-16-17)7-11(13)6-10-5-8-2-3-9(10)4-8/h8-11H,2-7,13H2,1H3. The summed E-state index contributed by atoms with van der Waals surface area (Å²) in [6, 6.07) is 0.198. The first-order valence-corrected chi connectivity index (χ1v) is 6.69. The molecule has 2 fully saturated rings. The second-order valence-corrected chi connectivity index (χ2v) is 5.83. The van der Waals surface area contributed by atoms with Crippen molar-refractivity contribution < 1.29 is 0 Å². The van der Waals surface area contributed by atoms with Gasteiger partial charge in [-0.3, -0.25) is 0 Å². The van der Waals surface area contributed by atoms with Crippen molar-refractivity contribution in [3.05, 3.63) is 5.82 Å². The molecule has 1 aromatic rings. The third-order valence-electron chi connectivity index (χ3n) is 4.48. The topological polar surface area (TPSA) is 69.6 Å². The fourth-order valence-electron chi connectivity index (χ4n) is 3.78. The van der Waals surface area contributed by atoms with Crippen LogP contribution >= 0.6 is 0 Å². The second-order valence-electron chi connectivity index (χ2n) is 5.83. The Labute approximate surface area is 102 Å². The maximum Gasteiger partial charge on any atom is 0.176 e. The van der Waals surface area contributed by atoms with Gasteiger partial charge < -0.3 is 5.73 Å². The number of hydrogen-bond acceptors (Lipinski definition) is 4. The van der Waals surface area contributed by atoms with Crippen LogP contribution in [0.5, 0.6) is 0 Å². The molecule has 5 heteroatoms. The number of aromatic nitrogens is 4. The van der Waals surface area contributed by atoms with E-state index in [1.165, 1.54) is 30.5 Å². The summed E-state index contributed by atoms with van der Waals surface area (Å²) in [6.45, 7) is 0. The Hall–Kier alpha value is -0.970. The molecule has 0 spiro atoms. The average molecular weight is 235 g/mol. The summed E-state index contributed by atoms with van der Waals surface area (Å²) in [5.74, 6) is 3.61. The average Bonchev–Trinajstić information content (AvgIpc) is 2.95. The summed E-state index contributed by atoms with van der Waals surface area (Å²) in [4.78, 5) is 1.50. The third-order valence-corrected chi connectivity index (χ3v) is 4.48. The van der Waals surface area contributed by atoms with Crippen LogP contribution in [0.15, 0.2) is 0 Å². The predicted molar refractivity (Wildman–Crippen MR) is 64.0 cm³/mol. The van der Waals surface area contributed by atoms with Gasteiger partial charge in [0.15, 0.2) is 5.82 Å². The molecule has 2 N–H and O–H groups in total. The molecule has 2 bridgehead atoms. The second kappa shape index (κ2) is 4.37. The Morgan fingerprint density at radius 2 is 2.29 bits per heavy atom. The highest BCUT2D eigenvalue weighted by Gasteiger charge is 2.39. The summed E-state index contributed by atoms with van der Waals surface area (Å²) in [5, 5.41) is 12.0. The van der Waals surface area contributed by atoms with Crippen molar-refractivity contribution in [2.75, 3.05) is 0 Å². The molecule has 3 rings (SSSR count). The SMILES string of the molecule is Cn1nnc(CC(N)CC2CC3CCC2C3)n1. The monoisotopic (exact) mass is 235 g/mol. The van der Waals surface area contributed by atoms with Gasteiger partial charge in [-0.05, 0) is 48.7 Å². The molecule has 1 heterocycles. The van der Waals surface area contributed by atoms with Crippen LogP contribution in [0.25, 0.3) is 0 Å². The highest BCUT2D eigenvalue weighted by molar-refractivity contribution is 4.93. The maximum atomic E-state index is 6.21. The van der Waals surface area contributed by atoms with Crippen LogP contribution in [-0.4, -0.2) is 26.2 Å². The number of nitrogens with zero attached hydrogens (tertiary/aromatic N) is 4. The zero-order valence-corrected chi connectivity index (χ0v) is 10.4. The van der Waals surface area contributed by atoms with Crippen LogP contribution in [0.2, 0.25) is 0 Å². The fourth-order valence-corrected chi connectivity index (χ4v) is 3.78. The highest BCUT2D eigenvalue weighted by atomic mass is 15.6. The van der Waals surface area contributed by atoms with Crippen molar-refractivity contribution >= 4 is 0 Å². The van der Waals surface area contributed by atoms with E-state index >= 15 is 0 Å². The van der Waals surface area contributed by atoms with E-state index in [9.17, 15) is 0 Å². The molecule has 2 aliphatic rings. The smallest absolute Gasteiger partial charge is 0.176 e. The summed E-state index contributed by atoms with van der Waals surface area (Å²) < 4.78 is 0. The zero-order chi connectivity index (χ0) is 11.8. The molecule has 0 amide bonds. The number of fused-ring (bicyclic) bond motifs is 2. The van der Waals surface area contributed by atoms with Crippen LogP contribution in [0.1, 0.15) is 37.9 Å². The van der Waals surface area contributed by atoms with E-state index in [0.717, 1.165) is 36.4 Å². The molecule has 2 aliphatic carbocycles. The van der Waals surface area contributed by atoms with Gasteiger partial charge in [0.1, 0.15) is 0 Å². The van der Waals surface area contributed by atoms with Crippen LogP contribution < -0.4 is 5.73 Å². The van der Waals surface area contributed by atoms with Gasteiger partial charge in [0.2, 0.25) is 0 Å². The van der Waals surface area contributed by atoms with E-state index in [2.05, 4.69) is 15.4 Å². The van der Waals surface area contributed by atoms with E-state index in [-0.39, 0.29) is 6.04 Å². The van der Waals surface area contributed by atoms with Crippen molar-refractivity contribution in [2.24, 2.45) is 30.5 Å². The summed E-state index contributed by atoms with van der Waals surface area (Å²) in [6.07, 6.45) is 7.67. The number of tetrazole rings is 1. The molecule has 17 heavy (non-hydrogen) atoms. The molecule has 4 unspecified atom stereocenters. The summed E-state index contributed by atoms with van der Waals surface area (Å²) in [7, 11) is 1.79. The van der Waals surface area contributed by atoms with Crippen LogP contribution in [0.3, 0.4) is 0 Å². The van der Waals surface area contributed by atoms with Crippen molar-refractivity contribution in [3.63, 3.8) is 0 Å². The van der Waals surface area contributed by atoms with Gasteiger partial charge >= 0.3 is 0 Å². The molecule has 0 aromatic carbocycles. The minimum atomic E-state index is 0.198. The van der Waals surface area contributed by atoms with Gasteiger partial charge in [-0.25, -0.2) is 0 Å². The quantitative estimate of drug-likeness (QED) is 0.842. The molecular weight excluding hydrogens is 214 g/mol. The van der Waals surface area contributed by atoms with E-state index in [1.807, 2.05) is 0 Å². The molecular formula is C12H21N5. The molecule has 94 valence electrons. The van der Waals surface area contributed by atoms with Crippen LogP contribution in [-0.2, 0) is 13.5 Å². The lowest BCUT2D eigenvalue weighted by molar-refractivity contribution is 0.293. The van der Waals surface area contributed by atoms with Crippen molar-refractivity contribution in [1.82, 2.24) is 20.2 Å². The lowest BCUT2D eigenvalue weighted by atomic mass is 9.84. The lowest BCUT2D eigenvalue weighted by Gasteiger charge is -2.24. The van der Waals surface area contributed by atoms with E-state index in [1.54, 1.807) is 7.05 Å². The lowest BCUT2D eigenvalue weighted by Crippen LogP contribution is -2.28. The van der Waals surface area contributed by atoms with Gasteiger partial charge in [0.25, 0.3) is 0 Å². The van der Waals surface area contributed by atoms with E-state index in [4.69, 9.17) is 5.73 Å². The fraction of sp³-hybridized carbons (Fsp3) is 0.917. The van der Waals surface area contributed by atoms with Gasteiger partial charge in [-0.2, -0.15) is 4.80 Å². The summed E-state index contributed by atoms with van der Waals surface area (Å²) >= 11 is 0. The molecule has 1 aromatic heterocycles. The van der Waals surface area contributed by atoms with Crippen LogP contribution in [0, 0.1) is 17.8 Å². The Kier molecular flexibility index (Phi) is 2.86.